The molecule has 1 aromatic carbocycles. The molecule has 0 spiro atoms. The normalized spacial score (nSPS) is 10.9. The largest absolute Gasteiger partial charge is 0.488 e. The zero-order chi connectivity index (χ0) is 22.1. The van der Waals surface area contributed by atoms with Crippen LogP contribution in [0.4, 0.5) is 8.78 Å². The highest BCUT2D eigenvalue weighted by molar-refractivity contribution is 6.31. The quantitative estimate of drug-likeness (QED) is 0.611. The summed E-state index contributed by atoms with van der Waals surface area (Å²) >= 11 is 6.26. The first-order valence-electron chi connectivity index (χ1n) is 9.44. The van der Waals surface area contributed by atoms with E-state index in [-0.39, 0.29) is 43.1 Å². The Balaban J connectivity index is 2.01. The third-order valence-electron chi connectivity index (χ3n) is 4.16. The second-order valence-electron chi connectivity index (χ2n) is 6.87. The fourth-order valence-corrected chi connectivity index (χ4v) is 2.88. The summed E-state index contributed by atoms with van der Waals surface area (Å²) in [5.74, 6) is -0.390. The van der Waals surface area contributed by atoms with Gasteiger partial charge in [-0.15, -0.1) is 0 Å². The number of benzene rings is 1. The van der Waals surface area contributed by atoms with Gasteiger partial charge in [-0.2, -0.15) is 0 Å². The molecule has 2 aromatic rings. The number of alkyl halides is 2. The van der Waals surface area contributed by atoms with Gasteiger partial charge >= 0.3 is 0 Å². The number of nitrogens with zero attached hydrogens (tertiary/aromatic N) is 2. The summed E-state index contributed by atoms with van der Waals surface area (Å²) in [6.45, 7) is 3.60. The maximum Gasteiger partial charge on any atom is 0.272 e. The fraction of sp³-hybridized carbons (Fsp3) is 0.381. The number of ether oxygens (including phenoxy) is 1. The Morgan fingerprint density at radius 1 is 1.27 bits per heavy atom. The standard InChI is InChI=1S/C21H24ClF2N3O3/c1-14(2)21(29)27(9-8-26-20(28)15-4-3-7-25-11-15)12-16-5-6-17(10-18(16)22)30-13-19(23)24/h3-7,10-11,14,19H,8-9,12-13H2,1-2H3,(H,26,28). The van der Waals surface area contributed by atoms with E-state index in [2.05, 4.69) is 10.3 Å². The lowest BCUT2D eigenvalue weighted by Gasteiger charge is -2.25. The van der Waals surface area contributed by atoms with E-state index in [9.17, 15) is 18.4 Å². The van der Waals surface area contributed by atoms with E-state index in [0.717, 1.165) is 0 Å². The molecule has 0 saturated heterocycles. The molecular weight excluding hydrogens is 416 g/mol. The van der Waals surface area contributed by atoms with Crippen molar-refractivity contribution in [2.24, 2.45) is 5.92 Å². The summed E-state index contributed by atoms with van der Waals surface area (Å²) < 4.78 is 29.5. The van der Waals surface area contributed by atoms with Crippen LogP contribution in [0.2, 0.25) is 5.02 Å². The third-order valence-corrected chi connectivity index (χ3v) is 4.51. The van der Waals surface area contributed by atoms with E-state index >= 15 is 0 Å². The van der Waals surface area contributed by atoms with E-state index in [1.165, 1.54) is 18.3 Å². The molecule has 1 aromatic heterocycles. The average Bonchev–Trinajstić information content (AvgIpc) is 2.72. The van der Waals surface area contributed by atoms with Gasteiger partial charge in [0.15, 0.2) is 0 Å². The molecular formula is C21H24ClF2N3O3. The maximum atomic E-state index is 12.6. The topological polar surface area (TPSA) is 71.5 Å². The van der Waals surface area contributed by atoms with Gasteiger partial charge in [0.25, 0.3) is 12.3 Å². The number of rotatable bonds is 10. The first-order valence-corrected chi connectivity index (χ1v) is 9.82. The summed E-state index contributed by atoms with van der Waals surface area (Å²) in [6, 6.07) is 7.93. The van der Waals surface area contributed by atoms with Crippen LogP contribution >= 0.6 is 11.6 Å². The monoisotopic (exact) mass is 439 g/mol. The number of carbonyl (C=O) groups excluding carboxylic acids is 2. The molecule has 0 aliphatic rings. The van der Waals surface area contributed by atoms with Crippen LogP contribution in [0.25, 0.3) is 0 Å². The minimum Gasteiger partial charge on any atom is -0.488 e. The summed E-state index contributed by atoms with van der Waals surface area (Å²) in [6.07, 6.45) is 0.460. The molecule has 0 bridgehead atoms. The average molecular weight is 440 g/mol. The van der Waals surface area contributed by atoms with Gasteiger partial charge in [-0.3, -0.25) is 14.6 Å². The Morgan fingerprint density at radius 2 is 2.03 bits per heavy atom. The highest BCUT2D eigenvalue weighted by Gasteiger charge is 2.19. The van der Waals surface area contributed by atoms with Gasteiger partial charge in [-0.1, -0.05) is 31.5 Å². The zero-order valence-corrected chi connectivity index (χ0v) is 17.5. The van der Waals surface area contributed by atoms with Gasteiger partial charge in [0.2, 0.25) is 5.91 Å². The molecule has 9 heteroatoms. The summed E-state index contributed by atoms with van der Waals surface area (Å²) in [7, 11) is 0. The Hall–Kier alpha value is -2.74. The van der Waals surface area contributed by atoms with Gasteiger partial charge in [-0.25, -0.2) is 8.78 Å². The number of amides is 2. The van der Waals surface area contributed by atoms with Crippen LogP contribution in [0.1, 0.15) is 29.8 Å². The molecule has 2 amide bonds. The number of carbonyl (C=O) groups is 2. The molecule has 0 atom stereocenters. The highest BCUT2D eigenvalue weighted by atomic mass is 35.5. The molecule has 1 heterocycles. The fourth-order valence-electron chi connectivity index (χ4n) is 2.65. The Bertz CT molecular complexity index is 851. The van der Waals surface area contributed by atoms with E-state index in [0.29, 0.717) is 16.1 Å². The summed E-state index contributed by atoms with van der Waals surface area (Å²) in [5, 5.41) is 3.07. The smallest absolute Gasteiger partial charge is 0.272 e. The second-order valence-corrected chi connectivity index (χ2v) is 7.27. The molecule has 0 aliphatic heterocycles. The first-order chi connectivity index (χ1) is 14.3. The Kier molecular flexibility index (Phi) is 8.98. The predicted molar refractivity (Wildman–Crippen MR) is 110 cm³/mol. The molecule has 0 fully saturated rings. The van der Waals surface area contributed by atoms with E-state index in [1.807, 2.05) is 0 Å². The minimum atomic E-state index is -2.58. The molecule has 0 unspecified atom stereocenters. The molecule has 6 nitrogen and oxygen atoms in total. The van der Waals surface area contributed by atoms with Crippen molar-refractivity contribution in [2.75, 3.05) is 19.7 Å². The van der Waals surface area contributed by atoms with Crippen molar-refractivity contribution in [3.8, 4) is 5.75 Å². The molecule has 1 N–H and O–H groups in total. The third kappa shape index (κ3) is 7.26. The molecule has 0 saturated carbocycles. The lowest BCUT2D eigenvalue weighted by Crippen LogP contribution is -2.40. The number of aromatic nitrogens is 1. The first kappa shape index (κ1) is 23.5. The van der Waals surface area contributed by atoms with Crippen molar-refractivity contribution >= 4 is 23.4 Å². The Morgan fingerprint density at radius 3 is 2.63 bits per heavy atom. The minimum absolute atomic E-state index is 0.0975. The SMILES string of the molecule is CC(C)C(=O)N(CCNC(=O)c1cccnc1)Cc1ccc(OCC(F)F)cc1Cl. The van der Waals surface area contributed by atoms with Crippen LogP contribution in [0.3, 0.4) is 0 Å². The molecule has 2 rings (SSSR count). The van der Waals surface area contributed by atoms with Gasteiger partial charge in [0.05, 0.1) is 5.56 Å². The van der Waals surface area contributed by atoms with Crippen LogP contribution in [0.5, 0.6) is 5.75 Å². The van der Waals surface area contributed by atoms with Crippen molar-refractivity contribution < 1.29 is 23.1 Å². The zero-order valence-electron chi connectivity index (χ0n) is 16.8. The van der Waals surface area contributed by atoms with Crippen molar-refractivity contribution in [1.29, 1.82) is 0 Å². The molecule has 30 heavy (non-hydrogen) atoms. The second kappa shape index (κ2) is 11.4. The van der Waals surface area contributed by atoms with Crippen molar-refractivity contribution in [3.63, 3.8) is 0 Å². The van der Waals surface area contributed by atoms with Crippen LogP contribution in [-0.2, 0) is 11.3 Å². The number of halogens is 3. The van der Waals surface area contributed by atoms with Gasteiger partial charge < -0.3 is 15.0 Å². The molecule has 0 radical (unpaired) electrons. The van der Waals surface area contributed by atoms with Gasteiger partial charge in [-0.05, 0) is 29.8 Å². The lowest BCUT2D eigenvalue weighted by molar-refractivity contribution is -0.135. The van der Waals surface area contributed by atoms with Crippen molar-refractivity contribution in [1.82, 2.24) is 15.2 Å². The van der Waals surface area contributed by atoms with Gasteiger partial charge in [0, 0.05) is 43.0 Å². The van der Waals surface area contributed by atoms with Gasteiger partial charge in [0.1, 0.15) is 12.4 Å². The lowest BCUT2D eigenvalue weighted by atomic mass is 10.1. The number of hydrogen-bond acceptors (Lipinski definition) is 4. The summed E-state index contributed by atoms with van der Waals surface area (Å²) in [4.78, 5) is 30.2. The summed E-state index contributed by atoms with van der Waals surface area (Å²) in [5.41, 5.74) is 1.08. The maximum absolute atomic E-state index is 12.6. The number of nitrogens with one attached hydrogen (secondary N) is 1. The van der Waals surface area contributed by atoms with Crippen LogP contribution in [0.15, 0.2) is 42.7 Å². The van der Waals surface area contributed by atoms with Crippen LogP contribution in [0, 0.1) is 5.92 Å². The number of hydrogen-bond donors (Lipinski definition) is 1. The van der Waals surface area contributed by atoms with Crippen molar-refractivity contribution in [3.05, 3.63) is 58.9 Å². The Labute approximate surface area is 179 Å². The van der Waals surface area contributed by atoms with E-state index in [4.69, 9.17) is 16.3 Å². The van der Waals surface area contributed by atoms with E-state index in [1.54, 1.807) is 43.1 Å². The van der Waals surface area contributed by atoms with E-state index < -0.39 is 13.0 Å². The van der Waals surface area contributed by atoms with Crippen LogP contribution < -0.4 is 10.1 Å². The molecule has 0 aliphatic carbocycles. The van der Waals surface area contributed by atoms with Crippen molar-refractivity contribution in [2.45, 2.75) is 26.8 Å². The molecule has 162 valence electrons. The highest BCUT2D eigenvalue weighted by Crippen LogP contribution is 2.24. The van der Waals surface area contributed by atoms with Crippen LogP contribution in [-0.4, -0.2) is 47.8 Å². The predicted octanol–water partition coefficient (Wildman–Crippen LogP) is 3.79. The number of pyridine rings is 1.